The van der Waals surface area contributed by atoms with Gasteiger partial charge in [-0.1, -0.05) is 18.2 Å². The van der Waals surface area contributed by atoms with Crippen LogP contribution in [0.3, 0.4) is 0 Å². The molecule has 0 bridgehead atoms. The van der Waals surface area contributed by atoms with Crippen LogP contribution in [0.5, 0.6) is 0 Å². The average Bonchev–Trinajstić information content (AvgIpc) is 3.00. The molecule has 8 heteroatoms. The summed E-state index contributed by atoms with van der Waals surface area (Å²) in [5.74, 6) is -0.254. The highest BCUT2D eigenvalue weighted by Gasteiger charge is 2.39. The second-order valence-corrected chi connectivity index (χ2v) is 6.57. The number of hydrogen-bond acceptors (Lipinski definition) is 5. The van der Waals surface area contributed by atoms with Gasteiger partial charge in [-0.2, -0.15) is 5.26 Å². The fraction of sp³-hybridized carbons (Fsp3) is 0.318. The fourth-order valence-corrected chi connectivity index (χ4v) is 3.31. The molecular weight excluding hydrogens is 384 g/mol. The molecule has 0 saturated carbocycles. The second-order valence-electron chi connectivity index (χ2n) is 6.57. The molecule has 1 heterocycles. The van der Waals surface area contributed by atoms with Crippen molar-refractivity contribution in [2.24, 2.45) is 0 Å². The zero-order chi connectivity index (χ0) is 21.5. The molecule has 0 radical (unpaired) electrons. The van der Waals surface area contributed by atoms with Gasteiger partial charge in [-0.05, 0) is 44.2 Å². The summed E-state index contributed by atoms with van der Waals surface area (Å²) in [4.78, 5) is 27.2. The van der Waals surface area contributed by atoms with E-state index in [-0.39, 0.29) is 12.5 Å². The van der Waals surface area contributed by atoms with E-state index in [0.717, 1.165) is 5.69 Å². The molecule has 2 aromatic carbocycles. The molecule has 3 rings (SSSR count). The lowest BCUT2D eigenvalue weighted by atomic mass is 10.1. The monoisotopic (exact) mass is 408 g/mol. The molecule has 30 heavy (non-hydrogen) atoms. The van der Waals surface area contributed by atoms with E-state index in [0.29, 0.717) is 30.0 Å². The third kappa shape index (κ3) is 4.76. The lowest BCUT2D eigenvalue weighted by Gasteiger charge is -2.24. The van der Waals surface area contributed by atoms with Crippen molar-refractivity contribution in [3.05, 3.63) is 59.7 Å². The Morgan fingerprint density at radius 3 is 2.43 bits per heavy atom. The number of ether oxygens (including phenoxy) is 2. The lowest BCUT2D eigenvalue weighted by Crippen LogP contribution is -2.43. The number of carbonyl (C=O) groups is 2. The first kappa shape index (κ1) is 21.3. The van der Waals surface area contributed by atoms with E-state index >= 15 is 0 Å². The Kier molecular flexibility index (Phi) is 7.01. The van der Waals surface area contributed by atoms with E-state index in [1.54, 1.807) is 29.2 Å². The first-order valence-electron chi connectivity index (χ1n) is 9.78. The van der Waals surface area contributed by atoms with Crippen molar-refractivity contribution in [1.82, 2.24) is 5.32 Å². The van der Waals surface area contributed by atoms with Crippen LogP contribution < -0.4 is 15.5 Å². The van der Waals surface area contributed by atoms with E-state index in [4.69, 9.17) is 14.7 Å². The van der Waals surface area contributed by atoms with Gasteiger partial charge in [0, 0.05) is 30.2 Å². The summed E-state index contributed by atoms with van der Waals surface area (Å²) in [7, 11) is 0. The second kappa shape index (κ2) is 9.87. The Balaban J connectivity index is 1.74. The molecule has 0 saturated heterocycles. The number of nitriles is 1. The molecule has 0 aliphatic carbocycles. The van der Waals surface area contributed by atoms with Gasteiger partial charge in [-0.3, -0.25) is 4.79 Å². The molecule has 1 aliphatic heterocycles. The van der Waals surface area contributed by atoms with Crippen LogP contribution in [-0.4, -0.2) is 38.0 Å². The summed E-state index contributed by atoms with van der Waals surface area (Å²) < 4.78 is 11.2. The molecular formula is C22H24N4O4. The van der Waals surface area contributed by atoms with Gasteiger partial charge in [0.2, 0.25) is 0 Å². The van der Waals surface area contributed by atoms with Gasteiger partial charge in [-0.15, -0.1) is 0 Å². The minimum Gasteiger partial charge on any atom is -0.351 e. The first-order chi connectivity index (χ1) is 14.6. The zero-order valence-corrected chi connectivity index (χ0v) is 16.9. The van der Waals surface area contributed by atoms with Crippen LogP contribution >= 0.6 is 0 Å². The summed E-state index contributed by atoms with van der Waals surface area (Å²) in [5.41, 5.74) is 2.45. The maximum Gasteiger partial charge on any atom is 0.320 e. The maximum atomic E-state index is 13.1. The molecule has 0 fully saturated rings. The third-order valence-corrected chi connectivity index (χ3v) is 4.64. The highest BCUT2D eigenvalue weighted by atomic mass is 16.7. The Hall–Kier alpha value is -3.41. The maximum absolute atomic E-state index is 13.1. The Morgan fingerprint density at radius 2 is 1.80 bits per heavy atom. The summed E-state index contributed by atoms with van der Waals surface area (Å²) >= 11 is 0. The van der Waals surface area contributed by atoms with Crippen LogP contribution in [0.2, 0.25) is 0 Å². The van der Waals surface area contributed by atoms with Crippen LogP contribution in [0.15, 0.2) is 48.5 Å². The minimum absolute atomic E-state index is 0.229. The molecule has 3 amide bonds. The number of benzene rings is 2. The number of hydrogen-bond donors (Lipinski definition) is 2. The lowest BCUT2D eigenvalue weighted by molar-refractivity contribution is -0.135. The molecule has 0 unspecified atom stereocenters. The zero-order valence-electron chi connectivity index (χ0n) is 16.9. The van der Waals surface area contributed by atoms with Crippen molar-refractivity contribution in [1.29, 1.82) is 5.26 Å². The predicted molar refractivity (Wildman–Crippen MR) is 112 cm³/mol. The van der Waals surface area contributed by atoms with Gasteiger partial charge in [0.05, 0.1) is 18.2 Å². The topological polar surface area (TPSA) is 104 Å². The fourth-order valence-electron chi connectivity index (χ4n) is 3.31. The van der Waals surface area contributed by atoms with Crippen LogP contribution in [0.4, 0.5) is 16.2 Å². The van der Waals surface area contributed by atoms with Crippen LogP contribution in [0, 0.1) is 11.3 Å². The van der Waals surface area contributed by atoms with E-state index in [2.05, 4.69) is 10.6 Å². The number of amides is 3. The van der Waals surface area contributed by atoms with Crippen LogP contribution in [0.1, 0.15) is 31.0 Å². The normalized spacial score (nSPS) is 15.1. The summed E-state index contributed by atoms with van der Waals surface area (Å²) in [6.45, 7) is 4.88. The van der Waals surface area contributed by atoms with Gasteiger partial charge < -0.3 is 25.0 Å². The molecule has 2 N–H and O–H groups in total. The van der Waals surface area contributed by atoms with Crippen LogP contribution in [-0.2, 0) is 14.3 Å². The van der Waals surface area contributed by atoms with E-state index in [1.165, 1.54) is 0 Å². The van der Waals surface area contributed by atoms with Crippen molar-refractivity contribution in [2.75, 3.05) is 30.0 Å². The number of nitrogens with zero attached hydrogens (tertiary/aromatic N) is 2. The van der Waals surface area contributed by atoms with E-state index in [9.17, 15) is 9.59 Å². The summed E-state index contributed by atoms with van der Waals surface area (Å²) in [5, 5.41) is 14.3. The Labute approximate surface area is 175 Å². The number of rotatable bonds is 8. The van der Waals surface area contributed by atoms with Crippen molar-refractivity contribution in [2.45, 2.75) is 26.2 Å². The van der Waals surface area contributed by atoms with Crippen molar-refractivity contribution >= 4 is 23.3 Å². The highest BCUT2D eigenvalue weighted by molar-refractivity contribution is 6.07. The summed E-state index contributed by atoms with van der Waals surface area (Å²) in [6, 6.07) is 14.5. The standard InChI is InChI=1S/C22H24N4O4/c1-3-29-19(30-4-2)14-26-18-8-6-5-7-17(18)20(21(26)27)25-22(28)24-16-11-9-15(13-23)10-12-16/h5-12,19-20H,3-4,14H2,1-2H3,(H2,24,25,28)/t20-/m0/s1. The van der Waals surface area contributed by atoms with Crippen LogP contribution in [0.25, 0.3) is 0 Å². The molecule has 0 spiro atoms. The Morgan fingerprint density at radius 1 is 1.13 bits per heavy atom. The molecule has 2 aromatic rings. The number of para-hydroxylation sites is 1. The molecule has 8 nitrogen and oxygen atoms in total. The summed E-state index contributed by atoms with van der Waals surface area (Å²) in [6.07, 6.45) is -0.553. The van der Waals surface area contributed by atoms with Gasteiger partial charge in [0.25, 0.3) is 5.91 Å². The smallest absolute Gasteiger partial charge is 0.320 e. The molecule has 0 aromatic heterocycles. The molecule has 1 atom stereocenters. The largest absolute Gasteiger partial charge is 0.351 e. The number of anilines is 2. The van der Waals surface area contributed by atoms with Gasteiger partial charge >= 0.3 is 6.03 Å². The van der Waals surface area contributed by atoms with Crippen molar-refractivity contribution < 1.29 is 19.1 Å². The highest BCUT2D eigenvalue weighted by Crippen LogP contribution is 2.36. The quantitative estimate of drug-likeness (QED) is 0.653. The Bertz CT molecular complexity index is 933. The number of urea groups is 1. The SMILES string of the molecule is CCOC(CN1C(=O)[C@@H](NC(=O)Nc2ccc(C#N)cc2)c2ccccc21)OCC. The number of carbonyl (C=O) groups excluding carboxylic acids is 2. The number of nitrogens with one attached hydrogen (secondary N) is 2. The molecule has 1 aliphatic rings. The third-order valence-electron chi connectivity index (χ3n) is 4.64. The predicted octanol–water partition coefficient (Wildman–Crippen LogP) is 3.17. The minimum atomic E-state index is -0.816. The van der Waals surface area contributed by atoms with Gasteiger partial charge in [0.1, 0.15) is 6.04 Å². The number of fused-ring (bicyclic) bond motifs is 1. The van der Waals surface area contributed by atoms with Crippen molar-refractivity contribution in [3.8, 4) is 6.07 Å². The molecule has 156 valence electrons. The van der Waals surface area contributed by atoms with Gasteiger partial charge in [0.15, 0.2) is 6.29 Å². The van der Waals surface area contributed by atoms with E-state index in [1.807, 2.05) is 44.2 Å². The van der Waals surface area contributed by atoms with Gasteiger partial charge in [-0.25, -0.2) is 4.79 Å². The first-order valence-corrected chi connectivity index (χ1v) is 9.78. The van der Waals surface area contributed by atoms with E-state index < -0.39 is 18.4 Å². The average molecular weight is 408 g/mol. The van der Waals surface area contributed by atoms with Crippen molar-refractivity contribution in [3.63, 3.8) is 0 Å².